The van der Waals surface area contributed by atoms with E-state index in [0.717, 1.165) is 4.31 Å². The van der Waals surface area contributed by atoms with Gasteiger partial charge in [0, 0.05) is 28.2 Å². The van der Waals surface area contributed by atoms with Crippen LogP contribution in [0.15, 0.2) is 71.6 Å². The van der Waals surface area contributed by atoms with Crippen LogP contribution in [0.1, 0.15) is 25.8 Å². The third-order valence-electron chi connectivity index (χ3n) is 6.13. The SMILES string of the molecule is CCNC(=O)[C@@H](CC)N(Cc1ccc(Cl)cc1Cl)C(=O)CN(c1ccc(Cl)cc1)S(=O)(=O)c1ccc(OC)cc1. The zero-order valence-corrected chi connectivity index (χ0v) is 25.3. The lowest BCUT2D eigenvalue weighted by molar-refractivity contribution is -0.140. The van der Waals surface area contributed by atoms with Gasteiger partial charge in [-0.15, -0.1) is 0 Å². The Morgan fingerprint density at radius 2 is 1.55 bits per heavy atom. The van der Waals surface area contributed by atoms with Gasteiger partial charge in [-0.25, -0.2) is 8.42 Å². The van der Waals surface area contributed by atoms with Crippen LogP contribution >= 0.6 is 34.8 Å². The molecular weight excluding hydrogens is 597 g/mol. The summed E-state index contributed by atoms with van der Waals surface area (Å²) in [6.45, 7) is 3.28. The van der Waals surface area contributed by atoms with E-state index < -0.39 is 28.5 Å². The van der Waals surface area contributed by atoms with Crippen molar-refractivity contribution in [2.24, 2.45) is 0 Å². The highest BCUT2D eigenvalue weighted by Crippen LogP contribution is 2.28. The Balaban J connectivity index is 2.07. The number of nitrogens with one attached hydrogen (secondary N) is 1. The number of anilines is 1. The van der Waals surface area contributed by atoms with Crippen molar-refractivity contribution in [2.45, 2.75) is 37.8 Å². The van der Waals surface area contributed by atoms with Gasteiger partial charge in [0.25, 0.3) is 10.0 Å². The highest BCUT2D eigenvalue weighted by atomic mass is 35.5. The molecule has 1 N–H and O–H groups in total. The fourth-order valence-electron chi connectivity index (χ4n) is 4.06. The topological polar surface area (TPSA) is 96.0 Å². The zero-order valence-electron chi connectivity index (χ0n) is 22.2. The second-order valence-corrected chi connectivity index (χ2v) is 11.9. The Bertz CT molecular complexity index is 1430. The first-order valence-electron chi connectivity index (χ1n) is 12.4. The second kappa shape index (κ2) is 14.1. The third kappa shape index (κ3) is 7.60. The molecule has 0 aliphatic heterocycles. The molecule has 12 heteroatoms. The summed E-state index contributed by atoms with van der Waals surface area (Å²) >= 11 is 18.5. The van der Waals surface area contributed by atoms with Crippen molar-refractivity contribution >= 4 is 62.3 Å². The van der Waals surface area contributed by atoms with Crippen molar-refractivity contribution in [3.8, 4) is 5.75 Å². The molecule has 0 saturated heterocycles. The van der Waals surface area contributed by atoms with Crippen LogP contribution in [0.2, 0.25) is 15.1 Å². The number of ether oxygens (including phenoxy) is 1. The summed E-state index contributed by atoms with van der Waals surface area (Å²) in [6, 6.07) is 15.9. The van der Waals surface area contributed by atoms with E-state index in [2.05, 4.69) is 5.32 Å². The van der Waals surface area contributed by atoms with E-state index in [9.17, 15) is 18.0 Å². The highest BCUT2D eigenvalue weighted by Gasteiger charge is 2.34. The summed E-state index contributed by atoms with van der Waals surface area (Å²) in [5.74, 6) is -0.484. The molecular formula is C28H30Cl3N3O5S. The van der Waals surface area contributed by atoms with Crippen molar-refractivity contribution in [1.29, 1.82) is 0 Å². The molecule has 0 aromatic heterocycles. The van der Waals surface area contributed by atoms with Crippen LogP contribution in [0.5, 0.6) is 5.75 Å². The predicted molar refractivity (Wildman–Crippen MR) is 159 cm³/mol. The largest absolute Gasteiger partial charge is 0.497 e. The number of halogens is 3. The Labute approximate surface area is 249 Å². The maximum Gasteiger partial charge on any atom is 0.264 e. The number of benzene rings is 3. The number of carbonyl (C=O) groups excluding carboxylic acids is 2. The minimum atomic E-state index is -4.23. The quantitative estimate of drug-likeness (QED) is 0.274. The summed E-state index contributed by atoms with van der Waals surface area (Å²) in [6.07, 6.45) is 0.287. The average Bonchev–Trinajstić information content (AvgIpc) is 2.93. The summed E-state index contributed by atoms with van der Waals surface area (Å²) in [5.41, 5.74) is 0.780. The maximum absolute atomic E-state index is 14.0. The monoisotopic (exact) mass is 625 g/mol. The van der Waals surface area contributed by atoms with Crippen LogP contribution in [0.4, 0.5) is 5.69 Å². The summed E-state index contributed by atoms with van der Waals surface area (Å²) in [5, 5.41) is 3.89. The van der Waals surface area contributed by atoms with E-state index >= 15 is 0 Å². The van der Waals surface area contributed by atoms with Crippen LogP contribution in [0.3, 0.4) is 0 Å². The minimum Gasteiger partial charge on any atom is -0.497 e. The number of rotatable bonds is 12. The first-order valence-corrected chi connectivity index (χ1v) is 15.0. The van der Waals surface area contributed by atoms with Crippen molar-refractivity contribution in [3.05, 3.63) is 87.4 Å². The first-order chi connectivity index (χ1) is 19.0. The molecule has 8 nitrogen and oxygen atoms in total. The molecule has 1 atom stereocenters. The van der Waals surface area contributed by atoms with Crippen LogP contribution in [0, 0.1) is 0 Å². The molecule has 2 amide bonds. The van der Waals surface area contributed by atoms with Crippen LogP contribution in [0.25, 0.3) is 0 Å². The molecule has 0 radical (unpaired) electrons. The molecule has 0 aliphatic carbocycles. The van der Waals surface area contributed by atoms with Gasteiger partial charge in [-0.2, -0.15) is 0 Å². The average molecular weight is 627 g/mol. The molecule has 0 unspecified atom stereocenters. The minimum absolute atomic E-state index is 0.0402. The van der Waals surface area contributed by atoms with Crippen molar-refractivity contribution in [1.82, 2.24) is 10.2 Å². The first kappa shape index (κ1) is 31.5. The smallest absolute Gasteiger partial charge is 0.264 e. The van der Waals surface area contributed by atoms with E-state index in [4.69, 9.17) is 39.5 Å². The molecule has 40 heavy (non-hydrogen) atoms. The van der Waals surface area contributed by atoms with Gasteiger partial charge in [-0.05, 0) is 79.6 Å². The van der Waals surface area contributed by atoms with E-state index in [0.29, 0.717) is 32.9 Å². The molecule has 3 aromatic carbocycles. The highest BCUT2D eigenvalue weighted by molar-refractivity contribution is 7.92. The van der Waals surface area contributed by atoms with Crippen LogP contribution < -0.4 is 14.4 Å². The second-order valence-electron chi connectivity index (χ2n) is 8.74. The fraction of sp³-hybridized carbons (Fsp3) is 0.286. The number of nitrogens with zero attached hydrogens (tertiary/aromatic N) is 2. The number of hydrogen-bond donors (Lipinski definition) is 1. The number of amides is 2. The van der Waals surface area contributed by atoms with Gasteiger partial charge < -0.3 is 15.0 Å². The van der Waals surface area contributed by atoms with Gasteiger partial charge in [0.15, 0.2) is 0 Å². The fourth-order valence-corrected chi connectivity index (χ4v) is 6.06. The Hall–Kier alpha value is -2.98. The molecule has 214 valence electrons. The number of methoxy groups -OCH3 is 1. The van der Waals surface area contributed by atoms with Crippen molar-refractivity contribution < 1.29 is 22.7 Å². The molecule has 0 heterocycles. The van der Waals surface area contributed by atoms with Gasteiger partial charge in [-0.3, -0.25) is 13.9 Å². The molecule has 3 aromatic rings. The van der Waals surface area contributed by atoms with E-state index in [1.54, 1.807) is 32.0 Å². The predicted octanol–water partition coefficient (Wildman–Crippen LogP) is 5.79. The number of carbonyl (C=O) groups is 2. The third-order valence-corrected chi connectivity index (χ3v) is 8.76. The zero-order chi connectivity index (χ0) is 29.4. The number of sulfonamides is 1. The van der Waals surface area contributed by atoms with Gasteiger partial charge >= 0.3 is 0 Å². The van der Waals surface area contributed by atoms with E-state index in [1.807, 2.05) is 0 Å². The van der Waals surface area contributed by atoms with Crippen molar-refractivity contribution in [3.63, 3.8) is 0 Å². The number of likely N-dealkylation sites (N-methyl/N-ethyl adjacent to an activating group) is 1. The molecule has 3 rings (SSSR count). The Morgan fingerprint density at radius 1 is 0.925 bits per heavy atom. The normalized spacial score (nSPS) is 11.9. The lowest BCUT2D eigenvalue weighted by atomic mass is 10.1. The summed E-state index contributed by atoms with van der Waals surface area (Å²) < 4.78 is 33.9. The lowest BCUT2D eigenvalue weighted by Gasteiger charge is -2.33. The number of hydrogen-bond acceptors (Lipinski definition) is 5. The van der Waals surface area contributed by atoms with E-state index in [1.165, 1.54) is 60.5 Å². The molecule has 0 saturated carbocycles. The standard InChI is InChI=1S/C28H30Cl3N3O5S/c1-4-26(28(36)32-5-2)33(17-19-6-7-21(30)16-25(19)31)27(35)18-34(22-10-8-20(29)9-11-22)40(37,38)24-14-12-23(39-3)13-15-24/h6-16,26H,4-5,17-18H2,1-3H3,(H,32,36)/t26-/m1/s1. The van der Waals surface area contributed by atoms with Crippen molar-refractivity contribution in [2.75, 3.05) is 24.5 Å². The Kier molecular flexibility index (Phi) is 11.1. The molecule has 0 bridgehead atoms. The Morgan fingerprint density at radius 3 is 2.10 bits per heavy atom. The van der Waals surface area contributed by atoms with Gasteiger partial charge in [0.05, 0.1) is 17.7 Å². The van der Waals surface area contributed by atoms with Gasteiger partial charge in [0.1, 0.15) is 18.3 Å². The van der Waals surface area contributed by atoms with Gasteiger partial charge in [0.2, 0.25) is 11.8 Å². The van der Waals surface area contributed by atoms with E-state index in [-0.39, 0.29) is 29.5 Å². The van der Waals surface area contributed by atoms with Crippen LogP contribution in [-0.4, -0.2) is 51.4 Å². The molecule has 0 fully saturated rings. The van der Waals surface area contributed by atoms with Crippen LogP contribution in [-0.2, 0) is 26.2 Å². The summed E-state index contributed by atoms with van der Waals surface area (Å²) in [4.78, 5) is 28.3. The lowest BCUT2D eigenvalue weighted by Crippen LogP contribution is -2.52. The summed E-state index contributed by atoms with van der Waals surface area (Å²) in [7, 11) is -2.75. The van der Waals surface area contributed by atoms with Gasteiger partial charge in [-0.1, -0.05) is 47.8 Å². The molecule has 0 aliphatic rings. The molecule has 0 spiro atoms. The maximum atomic E-state index is 14.0.